The van der Waals surface area contributed by atoms with Gasteiger partial charge in [0.1, 0.15) is 9.39 Å². The van der Waals surface area contributed by atoms with Gasteiger partial charge in [0.05, 0.1) is 24.9 Å². The molecule has 2 heterocycles. The number of alkyl halides is 1. The largest absolute Gasteiger partial charge is 0.373 e. The van der Waals surface area contributed by atoms with Gasteiger partial charge in [-0.1, -0.05) is 0 Å². The zero-order valence-electron chi connectivity index (χ0n) is 8.45. The molecule has 0 radical (unpaired) electrons. The van der Waals surface area contributed by atoms with Gasteiger partial charge in [0, 0.05) is 13.1 Å². The normalized spacial score (nSPS) is 21.1. The Morgan fingerprint density at radius 2 is 2.56 bits per heavy atom. The highest BCUT2D eigenvalue weighted by Gasteiger charge is 2.22. The number of H-pyrrole nitrogens is 1. The molecular weight excluding hydrogens is 344 g/mol. The lowest BCUT2D eigenvalue weighted by Crippen LogP contribution is -2.44. The van der Waals surface area contributed by atoms with E-state index in [1.165, 1.54) is 6.33 Å². The van der Waals surface area contributed by atoms with Crippen LogP contribution in [-0.2, 0) is 4.74 Å². The highest BCUT2D eigenvalue weighted by atomic mass is 127. The Labute approximate surface area is 111 Å². The lowest BCUT2D eigenvalue weighted by atomic mass is 10.3. The van der Waals surface area contributed by atoms with E-state index >= 15 is 0 Å². The fourth-order valence-corrected chi connectivity index (χ4v) is 2.42. The zero-order valence-corrected chi connectivity index (χ0v) is 11.4. The van der Waals surface area contributed by atoms with E-state index in [0.717, 1.165) is 6.54 Å². The number of hydrogen-bond donors (Lipinski definition) is 1. The van der Waals surface area contributed by atoms with E-state index in [9.17, 15) is 4.79 Å². The summed E-state index contributed by atoms with van der Waals surface area (Å²) in [6, 6.07) is 0. The Balaban J connectivity index is 2.23. The minimum atomic E-state index is -0.112. The maximum atomic E-state index is 11.4. The molecule has 1 N–H and O–H groups in total. The molecule has 88 valence electrons. The minimum Gasteiger partial charge on any atom is -0.373 e. The highest BCUT2D eigenvalue weighted by Crippen LogP contribution is 2.18. The van der Waals surface area contributed by atoms with Crippen LogP contribution in [0, 0.1) is 3.57 Å². The lowest BCUT2D eigenvalue weighted by Gasteiger charge is -2.33. The third-order valence-electron chi connectivity index (χ3n) is 2.39. The number of anilines is 1. The van der Waals surface area contributed by atoms with Gasteiger partial charge in [0.25, 0.3) is 5.56 Å². The SMILES string of the molecule is O=c1[nH]cnc(N2CCOC(CCl)C2)c1I. The van der Waals surface area contributed by atoms with Gasteiger partial charge in [-0.25, -0.2) is 4.98 Å². The number of nitrogens with zero attached hydrogens (tertiary/aromatic N) is 2. The van der Waals surface area contributed by atoms with Crippen molar-refractivity contribution in [2.75, 3.05) is 30.5 Å². The average Bonchev–Trinajstić information content (AvgIpc) is 2.33. The number of morpholine rings is 1. The first-order valence-electron chi connectivity index (χ1n) is 4.88. The zero-order chi connectivity index (χ0) is 11.5. The fourth-order valence-electron chi connectivity index (χ4n) is 1.60. The molecule has 1 atom stereocenters. The fraction of sp³-hybridized carbons (Fsp3) is 0.556. The van der Waals surface area contributed by atoms with Crippen LogP contribution in [0.15, 0.2) is 11.1 Å². The molecule has 0 aromatic carbocycles. The Hall–Kier alpha value is -0.340. The van der Waals surface area contributed by atoms with Crippen LogP contribution in [0.4, 0.5) is 5.82 Å². The van der Waals surface area contributed by atoms with E-state index in [0.29, 0.717) is 28.4 Å². The van der Waals surface area contributed by atoms with E-state index in [2.05, 4.69) is 9.97 Å². The van der Waals surface area contributed by atoms with Gasteiger partial charge in [-0.3, -0.25) is 4.79 Å². The number of rotatable bonds is 2. The first-order valence-corrected chi connectivity index (χ1v) is 6.49. The van der Waals surface area contributed by atoms with E-state index in [1.807, 2.05) is 27.5 Å². The molecular formula is C9H11ClIN3O2. The van der Waals surface area contributed by atoms with Crippen molar-refractivity contribution in [3.63, 3.8) is 0 Å². The first-order chi connectivity index (χ1) is 7.72. The van der Waals surface area contributed by atoms with E-state index in [1.54, 1.807) is 0 Å². The Morgan fingerprint density at radius 1 is 1.75 bits per heavy atom. The highest BCUT2D eigenvalue weighted by molar-refractivity contribution is 14.1. The van der Waals surface area contributed by atoms with Crippen LogP contribution < -0.4 is 10.5 Å². The third kappa shape index (κ3) is 2.49. The summed E-state index contributed by atoms with van der Waals surface area (Å²) in [4.78, 5) is 20.2. The van der Waals surface area contributed by atoms with Crippen molar-refractivity contribution >= 4 is 40.0 Å². The topological polar surface area (TPSA) is 58.2 Å². The van der Waals surface area contributed by atoms with Gasteiger partial charge in [-0.05, 0) is 22.6 Å². The monoisotopic (exact) mass is 355 g/mol. The smallest absolute Gasteiger partial charge is 0.266 e. The summed E-state index contributed by atoms with van der Waals surface area (Å²) in [6.07, 6.45) is 1.43. The van der Waals surface area contributed by atoms with Gasteiger partial charge in [0.15, 0.2) is 0 Å². The quantitative estimate of drug-likeness (QED) is 0.630. The van der Waals surface area contributed by atoms with E-state index in [4.69, 9.17) is 16.3 Å². The van der Waals surface area contributed by atoms with Gasteiger partial charge in [0.2, 0.25) is 0 Å². The van der Waals surface area contributed by atoms with Crippen LogP contribution in [0.5, 0.6) is 0 Å². The second-order valence-electron chi connectivity index (χ2n) is 3.46. The molecule has 7 heteroatoms. The molecule has 16 heavy (non-hydrogen) atoms. The molecule has 1 fully saturated rings. The summed E-state index contributed by atoms with van der Waals surface area (Å²) in [7, 11) is 0. The van der Waals surface area contributed by atoms with Crippen molar-refractivity contribution in [3.8, 4) is 0 Å². The summed E-state index contributed by atoms with van der Waals surface area (Å²) in [6.45, 7) is 2.03. The summed E-state index contributed by atoms with van der Waals surface area (Å²) in [5.74, 6) is 1.17. The summed E-state index contributed by atoms with van der Waals surface area (Å²) in [5.41, 5.74) is -0.112. The number of nitrogens with one attached hydrogen (secondary N) is 1. The predicted molar refractivity (Wildman–Crippen MR) is 70.2 cm³/mol. The van der Waals surface area contributed by atoms with Gasteiger partial charge in [-0.2, -0.15) is 0 Å². The van der Waals surface area contributed by atoms with Crippen LogP contribution in [0.1, 0.15) is 0 Å². The molecule has 2 rings (SSSR count). The molecule has 0 amide bonds. The second-order valence-corrected chi connectivity index (χ2v) is 4.85. The predicted octanol–water partition coefficient (Wildman–Crippen LogP) is 0.819. The van der Waals surface area contributed by atoms with Crippen LogP contribution in [0.25, 0.3) is 0 Å². The first kappa shape index (κ1) is 12.1. The molecule has 1 aromatic rings. The van der Waals surface area contributed by atoms with Crippen LogP contribution >= 0.6 is 34.2 Å². The van der Waals surface area contributed by atoms with Crippen molar-refractivity contribution < 1.29 is 4.74 Å². The number of halogens is 2. The van der Waals surface area contributed by atoms with Crippen molar-refractivity contribution in [2.24, 2.45) is 0 Å². The van der Waals surface area contributed by atoms with Crippen LogP contribution in [0.3, 0.4) is 0 Å². The van der Waals surface area contributed by atoms with Crippen LogP contribution in [-0.4, -0.2) is 41.6 Å². The molecule has 5 nitrogen and oxygen atoms in total. The third-order valence-corrected chi connectivity index (χ3v) is 3.71. The maximum Gasteiger partial charge on any atom is 0.266 e. The molecule has 1 aliphatic rings. The number of ether oxygens (including phenoxy) is 1. The molecule has 1 aliphatic heterocycles. The number of aromatic nitrogens is 2. The number of aromatic amines is 1. The Morgan fingerprint density at radius 3 is 3.31 bits per heavy atom. The molecule has 0 spiro atoms. The molecule has 0 aliphatic carbocycles. The van der Waals surface area contributed by atoms with E-state index in [-0.39, 0.29) is 11.7 Å². The standard InChI is InChI=1S/C9H11ClIN3O2/c10-3-6-4-14(1-2-16-6)8-7(11)9(15)13-5-12-8/h5-6H,1-4H2,(H,12,13,15). The Kier molecular flexibility index (Phi) is 4.04. The minimum absolute atomic E-state index is 0.00676. The maximum absolute atomic E-state index is 11.4. The second kappa shape index (κ2) is 5.33. The van der Waals surface area contributed by atoms with Crippen molar-refractivity contribution in [1.82, 2.24) is 9.97 Å². The summed E-state index contributed by atoms with van der Waals surface area (Å²) >= 11 is 7.77. The van der Waals surface area contributed by atoms with Gasteiger partial charge < -0.3 is 14.6 Å². The molecule has 1 aromatic heterocycles. The summed E-state index contributed by atoms with van der Waals surface area (Å²) < 4.78 is 6.07. The average molecular weight is 356 g/mol. The van der Waals surface area contributed by atoms with Gasteiger partial charge in [-0.15, -0.1) is 11.6 Å². The van der Waals surface area contributed by atoms with Gasteiger partial charge >= 0.3 is 0 Å². The Bertz CT molecular complexity index is 425. The van der Waals surface area contributed by atoms with Crippen molar-refractivity contribution in [2.45, 2.75) is 6.10 Å². The summed E-state index contributed by atoms with van der Waals surface area (Å²) in [5, 5.41) is 0. The number of hydrogen-bond acceptors (Lipinski definition) is 4. The lowest BCUT2D eigenvalue weighted by molar-refractivity contribution is 0.0551. The van der Waals surface area contributed by atoms with E-state index < -0.39 is 0 Å². The molecule has 0 saturated carbocycles. The van der Waals surface area contributed by atoms with Crippen LogP contribution in [0.2, 0.25) is 0 Å². The van der Waals surface area contributed by atoms with Crippen molar-refractivity contribution in [1.29, 1.82) is 0 Å². The van der Waals surface area contributed by atoms with Crippen molar-refractivity contribution in [3.05, 3.63) is 20.3 Å². The molecule has 0 bridgehead atoms. The molecule has 1 unspecified atom stereocenters. The molecule has 1 saturated heterocycles.